The molecule has 0 saturated heterocycles. The Morgan fingerprint density at radius 1 is 1.56 bits per heavy atom. The van der Waals surface area contributed by atoms with Gasteiger partial charge in [0.25, 0.3) is 0 Å². The summed E-state index contributed by atoms with van der Waals surface area (Å²) in [5, 5.41) is 11.2. The molecule has 0 aliphatic carbocycles. The van der Waals surface area contributed by atoms with Gasteiger partial charge in [-0.1, -0.05) is 6.92 Å². The van der Waals surface area contributed by atoms with E-state index >= 15 is 0 Å². The summed E-state index contributed by atoms with van der Waals surface area (Å²) in [6.07, 6.45) is 5.37. The molecule has 1 aromatic rings. The fourth-order valence-electron chi connectivity index (χ4n) is 1.09. The smallest absolute Gasteiger partial charge is 0.308 e. The summed E-state index contributed by atoms with van der Waals surface area (Å²) >= 11 is 0. The van der Waals surface area contributed by atoms with Gasteiger partial charge in [0.2, 0.25) is 5.91 Å². The highest BCUT2D eigenvalue weighted by atomic mass is 16.4. The summed E-state index contributed by atoms with van der Waals surface area (Å²) in [5.74, 6) is -1.62. The van der Waals surface area contributed by atoms with E-state index < -0.39 is 11.9 Å². The van der Waals surface area contributed by atoms with Crippen LogP contribution >= 0.6 is 0 Å². The van der Waals surface area contributed by atoms with Crippen LogP contribution < -0.4 is 5.32 Å². The summed E-state index contributed by atoms with van der Waals surface area (Å²) in [5.41, 5.74) is 0. The predicted molar refractivity (Wildman–Crippen MR) is 56.7 cm³/mol. The number of rotatable bonds is 6. The molecule has 1 aromatic heterocycles. The van der Waals surface area contributed by atoms with Gasteiger partial charge in [0.15, 0.2) is 0 Å². The molecule has 1 amide bonds. The highest BCUT2D eigenvalue weighted by Crippen LogP contribution is 1.94. The van der Waals surface area contributed by atoms with Crippen molar-refractivity contribution >= 4 is 11.9 Å². The van der Waals surface area contributed by atoms with Gasteiger partial charge in [-0.25, -0.2) is 4.98 Å². The van der Waals surface area contributed by atoms with Crippen LogP contribution in [0.15, 0.2) is 18.7 Å². The van der Waals surface area contributed by atoms with Gasteiger partial charge < -0.3 is 15.0 Å². The summed E-state index contributed by atoms with van der Waals surface area (Å²) in [6, 6.07) is 0. The molecular formula is C10H15N3O3. The summed E-state index contributed by atoms with van der Waals surface area (Å²) in [4.78, 5) is 25.7. The Balaban J connectivity index is 2.19. The van der Waals surface area contributed by atoms with E-state index in [1.165, 1.54) is 0 Å². The first-order valence-electron chi connectivity index (χ1n) is 5.05. The van der Waals surface area contributed by atoms with Crippen LogP contribution in [0.3, 0.4) is 0 Å². The predicted octanol–water partition coefficient (Wildman–Crippen LogP) is 0.110. The number of nitrogens with zero attached hydrogens (tertiary/aromatic N) is 2. The lowest BCUT2D eigenvalue weighted by atomic mass is 10.2. The van der Waals surface area contributed by atoms with Crippen LogP contribution in [0, 0.1) is 5.92 Å². The molecular weight excluding hydrogens is 210 g/mol. The van der Waals surface area contributed by atoms with E-state index in [0.29, 0.717) is 13.0 Å². The number of carbonyl (C=O) groups excluding carboxylic acids is 1. The van der Waals surface area contributed by atoms with E-state index in [9.17, 15) is 9.59 Å². The zero-order valence-corrected chi connectivity index (χ0v) is 9.09. The molecule has 1 atom stereocenters. The molecule has 0 aromatic carbocycles. The van der Waals surface area contributed by atoms with Gasteiger partial charge in [0.1, 0.15) is 0 Å². The van der Waals surface area contributed by atoms with Crippen molar-refractivity contribution < 1.29 is 14.7 Å². The number of imidazole rings is 1. The van der Waals surface area contributed by atoms with Crippen molar-refractivity contribution in [1.82, 2.24) is 14.9 Å². The molecule has 0 aliphatic heterocycles. The number of hydrogen-bond acceptors (Lipinski definition) is 3. The molecule has 2 N–H and O–H groups in total. The Morgan fingerprint density at radius 2 is 2.31 bits per heavy atom. The van der Waals surface area contributed by atoms with Crippen LogP contribution in [0.5, 0.6) is 0 Å². The summed E-state index contributed by atoms with van der Waals surface area (Å²) in [7, 11) is 0. The maximum atomic E-state index is 11.3. The molecule has 0 fully saturated rings. The highest BCUT2D eigenvalue weighted by Gasteiger charge is 2.11. The lowest BCUT2D eigenvalue weighted by Crippen LogP contribution is -2.31. The lowest BCUT2D eigenvalue weighted by molar-refractivity contribution is -0.141. The van der Waals surface area contributed by atoms with Gasteiger partial charge in [-0.2, -0.15) is 0 Å². The molecule has 1 rings (SSSR count). The second-order valence-corrected chi connectivity index (χ2v) is 3.59. The first-order valence-corrected chi connectivity index (χ1v) is 5.05. The quantitative estimate of drug-likeness (QED) is 0.719. The molecule has 88 valence electrons. The number of aryl methyl sites for hydroxylation is 1. The monoisotopic (exact) mass is 225 g/mol. The third-order valence-electron chi connectivity index (χ3n) is 2.18. The Labute approximate surface area is 93.3 Å². The topological polar surface area (TPSA) is 84.2 Å². The molecule has 1 heterocycles. The largest absolute Gasteiger partial charge is 0.481 e. The third-order valence-corrected chi connectivity index (χ3v) is 2.18. The van der Waals surface area contributed by atoms with Gasteiger partial charge in [0.05, 0.1) is 12.2 Å². The van der Waals surface area contributed by atoms with Crippen molar-refractivity contribution in [1.29, 1.82) is 0 Å². The first kappa shape index (κ1) is 12.2. The van der Waals surface area contributed by atoms with Gasteiger partial charge in [-0.05, 0) is 0 Å². The number of carboxylic acid groups (broad SMARTS) is 1. The van der Waals surface area contributed by atoms with Crippen molar-refractivity contribution in [2.45, 2.75) is 19.9 Å². The zero-order chi connectivity index (χ0) is 12.0. The van der Waals surface area contributed by atoms with Gasteiger partial charge in [-0.15, -0.1) is 0 Å². The molecule has 0 saturated carbocycles. The van der Waals surface area contributed by atoms with Gasteiger partial charge in [-0.3, -0.25) is 9.59 Å². The normalized spacial score (nSPS) is 12.1. The minimum atomic E-state index is -0.907. The van der Waals surface area contributed by atoms with Crippen LogP contribution in [0.4, 0.5) is 0 Å². The van der Waals surface area contributed by atoms with Crippen LogP contribution in [-0.4, -0.2) is 33.1 Å². The van der Waals surface area contributed by atoms with Crippen molar-refractivity contribution in [3.8, 4) is 0 Å². The second kappa shape index (κ2) is 5.89. The van der Waals surface area contributed by atoms with Crippen LogP contribution in [0.25, 0.3) is 0 Å². The number of carboxylic acids is 1. The third kappa shape index (κ3) is 4.12. The van der Waals surface area contributed by atoms with Gasteiger partial charge >= 0.3 is 5.97 Å². The fourth-order valence-corrected chi connectivity index (χ4v) is 1.09. The van der Waals surface area contributed by atoms with Crippen LogP contribution in [-0.2, 0) is 16.1 Å². The number of amides is 1. The van der Waals surface area contributed by atoms with E-state index in [1.54, 1.807) is 30.2 Å². The minimum Gasteiger partial charge on any atom is -0.481 e. The van der Waals surface area contributed by atoms with E-state index in [0.717, 1.165) is 0 Å². The number of aliphatic carboxylic acids is 1. The Bertz CT molecular complexity index is 348. The first-order chi connectivity index (χ1) is 7.59. The maximum Gasteiger partial charge on any atom is 0.308 e. The molecule has 6 nitrogen and oxygen atoms in total. The SMILES string of the molecule is CC(CNC(=O)CCn1ccnc1)C(=O)O. The molecule has 1 unspecified atom stereocenters. The van der Waals surface area contributed by atoms with Crippen LogP contribution in [0.2, 0.25) is 0 Å². The maximum absolute atomic E-state index is 11.3. The highest BCUT2D eigenvalue weighted by molar-refractivity contribution is 5.77. The number of aromatic nitrogens is 2. The number of nitrogens with one attached hydrogen (secondary N) is 1. The average Bonchev–Trinajstić information content (AvgIpc) is 2.75. The molecule has 16 heavy (non-hydrogen) atoms. The molecule has 0 radical (unpaired) electrons. The standard InChI is InChI=1S/C10H15N3O3/c1-8(10(15)16)6-12-9(14)2-4-13-5-3-11-7-13/h3,5,7-8H,2,4,6H2,1H3,(H,12,14)(H,15,16). The van der Waals surface area contributed by atoms with Crippen molar-refractivity contribution in [3.63, 3.8) is 0 Å². The molecule has 0 bridgehead atoms. The molecule has 0 aliphatic rings. The molecule has 0 spiro atoms. The van der Waals surface area contributed by atoms with Crippen molar-refractivity contribution in [3.05, 3.63) is 18.7 Å². The zero-order valence-electron chi connectivity index (χ0n) is 9.09. The van der Waals surface area contributed by atoms with Gasteiger partial charge in [0, 0.05) is 31.9 Å². The summed E-state index contributed by atoms with van der Waals surface area (Å²) in [6.45, 7) is 2.27. The average molecular weight is 225 g/mol. The van der Waals surface area contributed by atoms with Crippen molar-refractivity contribution in [2.75, 3.05) is 6.54 Å². The Morgan fingerprint density at radius 3 is 2.88 bits per heavy atom. The lowest BCUT2D eigenvalue weighted by Gasteiger charge is -2.08. The van der Waals surface area contributed by atoms with E-state index in [4.69, 9.17) is 5.11 Å². The fraction of sp³-hybridized carbons (Fsp3) is 0.500. The second-order valence-electron chi connectivity index (χ2n) is 3.59. The Hall–Kier alpha value is -1.85. The number of carbonyl (C=O) groups is 2. The van der Waals surface area contributed by atoms with E-state index in [2.05, 4.69) is 10.3 Å². The Kier molecular flexibility index (Phi) is 4.50. The minimum absolute atomic E-state index is 0.151. The van der Waals surface area contributed by atoms with Crippen molar-refractivity contribution in [2.24, 2.45) is 5.92 Å². The van der Waals surface area contributed by atoms with Crippen LogP contribution in [0.1, 0.15) is 13.3 Å². The number of hydrogen-bond donors (Lipinski definition) is 2. The van der Waals surface area contributed by atoms with E-state index in [-0.39, 0.29) is 12.5 Å². The summed E-state index contributed by atoms with van der Waals surface area (Å²) < 4.78 is 1.79. The van der Waals surface area contributed by atoms with E-state index in [1.807, 2.05) is 0 Å². The molecule has 6 heteroatoms.